The SMILES string of the molecule is CCOC(=O)N1CCN(C(=O)CCn2cnc3sc4c(c3c2=O)CCC(C(C)(C)C)C4)CC1. The summed E-state index contributed by atoms with van der Waals surface area (Å²) in [5.41, 5.74) is 1.39. The third kappa shape index (κ3) is 4.93. The molecular weight excluding hydrogens is 440 g/mol. The predicted octanol–water partition coefficient (Wildman–Crippen LogP) is 3.30. The summed E-state index contributed by atoms with van der Waals surface area (Å²) in [4.78, 5) is 47.9. The van der Waals surface area contributed by atoms with Crippen LogP contribution in [0.1, 0.15) is 51.0 Å². The summed E-state index contributed by atoms with van der Waals surface area (Å²) in [6.07, 6.45) is 4.51. The van der Waals surface area contributed by atoms with Gasteiger partial charge in [-0.3, -0.25) is 14.2 Å². The fourth-order valence-corrected chi connectivity index (χ4v) is 6.08. The summed E-state index contributed by atoms with van der Waals surface area (Å²) in [6, 6.07) is 0. The molecule has 2 aliphatic rings. The second-order valence-electron chi connectivity index (χ2n) is 10.0. The molecule has 180 valence electrons. The fraction of sp³-hybridized carbons (Fsp3) is 0.667. The minimum Gasteiger partial charge on any atom is -0.450 e. The Morgan fingerprint density at radius 3 is 2.55 bits per heavy atom. The number of piperazine rings is 1. The highest BCUT2D eigenvalue weighted by Crippen LogP contribution is 2.41. The van der Waals surface area contributed by atoms with Crippen LogP contribution in [0.15, 0.2) is 11.1 Å². The third-order valence-electron chi connectivity index (χ3n) is 6.99. The predicted molar refractivity (Wildman–Crippen MR) is 129 cm³/mol. The molecule has 1 unspecified atom stereocenters. The fourth-order valence-electron chi connectivity index (χ4n) is 4.83. The molecule has 9 heteroatoms. The van der Waals surface area contributed by atoms with Crippen LogP contribution in [-0.4, -0.2) is 64.1 Å². The summed E-state index contributed by atoms with van der Waals surface area (Å²) in [5.74, 6) is 0.605. The van der Waals surface area contributed by atoms with Crippen LogP contribution in [-0.2, 0) is 28.9 Å². The molecule has 2 amide bonds. The number of aryl methyl sites for hydroxylation is 2. The number of thiophene rings is 1. The minimum atomic E-state index is -0.330. The quantitative estimate of drug-likeness (QED) is 0.679. The van der Waals surface area contributed by atoms with Crippen LogP contribution in [0.5, 0.6) is 0 Å². The van der Waals surface area contributed by atoms with Gasteiger partial charge < -0.3 is 14.5 Å². The van der Waals surface area contributed by atoms with E-state index in [9.17, 15) is 14.4 Å². The van der Waals surface area contributed by atoms with Gasteiger partial charge in [-0.2, -0.15) is 0 Å². The number of nitrogens with zero attached hydrogens (tertiary/aromatic N) is 4. The van der Waals surface area contributed by atoms with Crippen molar-refractivity contribution in [2.45, 2.75) is 59.9 Å². The van der Waals surface area contributed by atoms with Crippen LogP contribution in [0.25, 0.3) is 10.2 Å². The van der Waals surface area contributed by atoms with Gasteiger partial charge >= 0.3 is 6.09 Å². The molecule has 33 heavy (non-hydrogen) atoms. The maximum Gasteiger partial charge on any atom is 0.409 e. The number of ether oxygens (including phenoxy) is 1. The van der Waals surface area contributed by atoms with Gasteiger partial charge in [0.05, 0.1) is 18.3 Å². The maximum atomic E-state index is 13.3. The molecule has 2 aromatic rings. The summed E-state index contributed by atoms with van der Waals surface area (Å²) in [7, 11) is 0. The molecule has 1 atom stereocenters. The first-order valence-electron chi connectivity index (χ1n) is 11.9. The van der Waals surface area contributed by atoms with Gasteiger partial charge in [0, 0.05) is 44.0 Å². The van der Waals surface area contributed by atoms with Gasteiger partial charge in [-0.05, 0) is 43.1 Å². The molecule has 1 aliphatic heterocycles. The minimum absolute atomic E-state index is 0.00845. The second kappa shape index (κ2) is 9.44. The van der Waals surface area contributed by atoms with E-state index in [1.54, 1.807) is 39.0 Å². The van der Waals surface area contributed by atoms with Crippen molar-refractivity contribution in [2.24, 2.45) is 11.3 Å². The zero-order valence-electron chi connectivity index (χ0n) is 20.1. The lowest BCUT2D eigenvalue weighted by Crippen LogP contribution is -2.50. The van der Waals surface area contributed by atoms with Crippen LogP contribution in [0.3, 0.4) is 0 Å². The number of carbonyl (C=O) groups is 2. The van der Waals surface area contributed by atoms with E-state index in [2.05, 4.69) is 25.8 Å². The molecule has 0 spiro atoms. The van der Waals surface area contributed by atoms with Crippen LogP contribution in [0.2, 0.25) is 0 Å². The largest absolute Gasteiger partial charge is 0.450 e. The van der Waals surface area contributed by atoms with Crippen molar-refractivity contribution in [2.75, 3.05) is 32.8 Å². The topological polar surface area (TPSA) is 84.7 Å². The molecule has 0 radical (unpaired) electrons. The Bertz CT molecular complexity index is 1090. The smallest absolute Gasteiger partial charge is 0.409 e. The van der Waals surface area contributed by atoms with Crippen molar-refractivity contribution >= 4 is 33.6 Å². The molecule has 0 saturated carbocycles. The molecule has 1 aliphatic carbocycles. The Labute approximate surface area is 198 Å². The summed E-state index contributed by atoms with van der Waals surface area (Å²) < 4.78 is 6.61. The van der Waals surface area contributed by atoms with E-state index in [-0.39, 0.29) is 29.4 Å². The van der Waals surface area contributed by atoms with Crippen molar-refractivity contribution in [1.29, 1.82) is 0 Å². The van der Waals surface area contributed by atoms with Crippen molar-refractivity contribution < 1.29 is 14.3 Å². The number of aromatic nitrogens is 2. The zero-order valence-corrected chi connectivity index (χ0v) is 20.9. The monoisotopic (exact) mass is 474 g/mol. The zero-order chi connectivity index (χ0) is 23.8. The molecule has 1 fully saturated rings. The maximum absolute atomic E-state index is 13.3. The lowest BCUT2D eigenvalue weighted by Gasteiger charge is -2.34. The van der Waals surface area contributed by atoms with Gasteiger partial charge in [0.25, 0.3) is 5.56 Å². The van der Waals surface area contributed by atoms with Crippen molar-refractivity contribution in [3.8, 4) is 0 Å². The van der Waals surface area contributed by atoms with Crippen LogP contribution in [0, 0.1) is 11.3 Å². The number of hydrogen-bond acceptors (Lipinski definition) is 6. The highest BCUT2D eigenvalue weighted by molar-refractivity contribution is 7.18. The first-order chi connectivity index (χ1) is 15.7. The van der Waals surface area contributed by atoms with E-state index in [0.717, 1.165) is 29.5 Å². The summed E-state index contributed by atoms with van der Waals surface area (Å²) >= 11 is 1.65. The Hall–Kier alpha value is -2.42. The van der Waals surface area contributed by atoms with E-state index < -0.39 is 0 Å². The highest BCUT2D eigenvalue weighted by atomic mass is 32.1. The molecule has 4 rings (SSSR count). The average Bonchev–Trinajstić information content (AvgIpc) is 3.16. The molecule has 0 bridgehead atoms. The molecule has 3 heterocycles. The highest BCUT2D eigenvalue weighted by Gasteiger charge is 2.32. The van der Waals surface area contributed by atoms with Crippen LogP contribution < -0.4 is 5.56 Å². The van der Waals surface area contributed by atoms with Gasteiger partial charge in [0.1, 0.15) is 4.83 Å². The van der Waals surface area contributed by atoms with Gasteiger partial charge in [-0.15, -0.1) is 11.3 Å². The lowest BCUT2D eigenvalue weighted by atomic mass is 9.72. The summed E-state index contributed by atoms with van der Waals surface area (Å²) in [5, 5.41) is 0.750. The third-order valence-corrected chi connectivity index (χ3v) is 8.15. The molecule has 0 aromatic carbocycles. The van der Waals surface area contributed by atoms with Crippen LogP contribution in [0.4, 0.5) is 4.79 Å². The molecule has 2 aromatic heterocycles. The first-order valence-corrected chi connectivity index (χ1v) is 12.7. The van der Waals surface area contributed by atoms with Crippen molar-refractivity contribution in [3.05, 3.63) is 27.1 Å². The molecular formula is C24H34N4O4S. The van der Waals surface area contributed by atoms with Gasteiger partial charge in [-0.25, -0.2) is 9.78 Å². The second-order valence-corrected chi connectivity index (χ2v) is 11.1. The standard InChI is InChI=1S/C24H34N4O4S/c1-5-32-23(31)27-12-10-26(11-13-27)19(29)8-9-28-15-25-21-20(22(28)30)17-7-6-16(24(2,3)4)14-18(17)33-21/h15-16H,5-14H2,1-4H3. The normalized spacial score (nSPS) is 19.0. The molecule has 8 nitrogen and oxygen atoms in total. The Morgan fingerprint density at radius 2 is 1.88 bits per heavy atom. The van der Waals surface area contributed by atoms with E-state index in [1.807, 2.05) is 0 Å². The van der Waals surface area contributed by atoms with Gasteiger partial charge in [0.15, 0.2) is 0 Å². The van der Waals surface area contributed by atoms with Crippen molar-refractivity contribution in [3.63, 3.8) is 0 Å². The van der Waals surface area contributed by atoms with E-state index >= 15 is 0 Å². The van der Waals surface area contributed by atoms with Gasteiger partial charge in [-0.1, -0.05) is 20.8 Å². The number of carbonyl (C=O) groups excluding carboxylic acids is 2. The van der Waals surface area contributed by atoms with Crippen LogP contribution >= 0.6 is 11.3 Å². The average molecular weight is 475 g/mol. The van der Waals surface area contributed by atoms with E-state index in [1.165, 1.54) is 10.4 Å². The molecule has 1 saturated heterocycles. The van der Waals surface area contributed by atoms with Gasteiger partial charge in [0.2, 0.25) is 5.91 Å². The van der Waals surface area contributed by atoms with Crippen molar-refractivity contribution in [1.82, 2.24) is 19.4 Å². The lowest BCUT2D eigenvalue weighted by molar-refractivity contribution is -0.133. The van der Waals surface area contributed by atoms with E-state index in [4.69, 9.17) is 4.74 Å². The van der Waals surface area contributed by atoms with E-state index in [0.29, 0.717) is 45.2 Å². The number of hydrogen-bond donors (Lipinski definition) is 0. The number of fused-ring (bicyclic) bond motifs is 3. The molecule has 0 N–H and O–H groups in total. The summed E-state index contributed by atoms with van der Waals surface area (Å²) in [6.45, 7) is 11.2. The number of rotatable bonds is 4. The Kier molecular flexibility index (Phi) is 6.79. The number of amides is 2. The Balaban J connectivity index is 1.41. The first kappa shape index (κ1) is 23.7. The Morgan fingerprint density at radius 1 is 1.18 bits per heavy atom.